The van der Waals surface area contributed by atoms with Crippen molar-refractivity contribution in [3.8, 4) is 0 Å². The summed E-state index contributed by atoms with van der Waals surface area (Å²) in [6.45, 7) is 2.42. The van der Waals surface area contributed by atoms with E-state index in [0.717, 1.165) is 4.47 Å². The fourth-order valence-corrected chi connectivity index (χ4v) is 3.44. The summed E-state index contributed by atoms with van der Waals surface area (Å²) < 4.78 is 20.5. The van der Waals surface area contributed by atoms with E-state index in [1.807, 2.05) is 0 Å². The molecule has 158 valence electrons. The van der Waals surface area contributed by atoms with Gasteiger partial charge in [0.1, 0.15) is 17.1 Å². The van der Waals surface area contributed by atoms with Crippen molar-refractivity contribution in [3.63, 3.8) is 0 Å². The highest BCUT2D eigenvalue weighted by Crippen LogP contribution is 2.33. The Labute approximate surface area is 181 Å². The average Bonchev–Trinajstić information content (AvgIpc) is 2.71. The van der Waals surface area contributed by atoms with E-state index >= 15 is 0 Å². The molecule has 2 aromatic rings. The van der Waals surface area contributed by atoms with Crippen LogP contribution in [0.2, 0.25) is 0 Å². The Morgan fingerprint density at radius 2 is 2.17 bits per heavy atom. The molecule has 0 fully saturated rings. The zero-order chi connectivity index (χ0) is 21.9. The standard InChI is InChI=1S/C20H21BrFN5O3/c1-20(11-27(7-8-30-2)19(29)17(23)26-20)14-9-13(4-5-15(14)22)25-18(28)16-6-3-12(21)10-24-16/h3-6,9-10H,7-8,11H2,1-2H3,(H2,23,26)(H,25,28). The molecule has 0 bridgehead atoms. The van der Waals surface area contributed by atoms with Crippen LogP contribution in [0, 0.1) is 5.82 Å². The van der Waals surface area contributed by atoms with Gasteiger partial charge in [0.2, 0.25) is 0 Å². The predicted molar refractivity (Wildman–Crippen MR) is 114 cm³/mol. The molecule has 2 heterocycles. The largest absolute Gasteiger partial charge is 0.383 e. The maximum Gasteiger partial charge on any atom is 0.288 e. The number of amidine groups is 1. The minimum Gasteiger partial charge on any atom is -0.383 e. The Kier molecular flexibility index (Phi) is 6.47. The maximum atomic E-state index is 14.7. The molecule has 8 nitrogen and oxygen atoms in total. The number of anilines is 1. The molecule has 1 aliphatic heterocycles. The fourth-order valence-electron chi connectivity index (χ4n) is 3.20. The highest BCUT2D eigenvalue weighted by molar-refractivity contribution is 9.10. The first-order valence-corrected chi connectivity index (χ1v) is 9.89. The van der Waals surface area contributed by atoms with E-state index in [9.17, 15) is 14.0 Å². The molecule has 30 heavy (non-hydrogen) atoms. The predicted octanol–water partition coefficient (Wildman–Crippen LogP) is 2.30. The van der Waals surface area contributed by atoms with Crippen LogP contribution in [0.15, 0.2) is 46.0 Å². The Morgan fingerprint density at radius 3 is 2.83 bits per heavy atom. The van der Waals surface area contributed by atoms with E-state index in [0.29, 0.717) is 18.8 Å². The Morgan fingerprint density at radius 1 is 1.40 bits per heavy atom. The first-order chi connectivity index (χ1) is 14.2. The summed E-state index contributed by atoms with van der Waals surface area (Å²) in [5.41, 5.74) is 5.50. The number of nitrogens with two attached hydrogens (primary N) is 1. The van der Waals surface area contributed by atoms with Gasteiger partial charge in [0, 0.05) is 35.6 Å². The number of carbonyl (C=O) groups excluding carboxylic acids is 2. The molecule has 1 aliphatic rings. The zero-order valence-electron chi connectivity index (χ0n) is 16.5. The molecule has 10 heteroatoms. The molecule has 3 rings (SSSR count). The molecule has 1 unspecified atom stereocenters. The molecular weight excluding hydrogens is 457 g/mol. The number of ether oxygens (including phenoxy) is 1. The van der Waals surface area contributed by atoms with Gasteiger partial charge in [-0.2, -0.15) is 0 Å². The van der Waals surface area contributed by atoms with Gasteiger partial charge in [0.25, 0.3) is 11.8 Å². The van der Waals surface area contributed by atoms with Crippen molar-refractivity contribution in [1.82, 2.24) is 9.88 Å². The Bertz CT molecular complexity index is 998. The topological polar surface area (TPSA) is 110 Å². The highest BCUT2D eigenvalue weighted by atomic mass is 79.9. The van der Waals surface area contributed by atoms with Gasteiger partial charge in [-0.1, -0.05) is 0 Å². The monoisotopic (exact) mass is 477 g/mol. The lowest BCUT2D eigenvalue weighted by molar-refractivity contribution is -0.126. The number of aliphatic imine (C=N–C) groups is 1. The molecule has 2 amide bonds. The van der Waals surface area contributed by atoms with E-state index < -0.39 is 23.2 Å². The van der Waals surface area contributed by atoms with Gasteiger partial charge in [-0.15, -0.1) is 0 Å². The summed E-state index contributed by atoms with van der Waals surface area (Å²) >= 11 is 3.26. The normalized spacial score (nSPS) is 18.9. The number of amides is 2. The lowest BCUT2D eigenvalue weighted by Gasteiger charge is -2.37. The van der Waals surface area contributed by atoms with Crippen LogP contribution in [0.5, 0.6) is 0 Å². The van der Waals surface area contributed by atoms with E-state index in [1.54, 1.807) is 19.1 Å². The maximum absolute atomic E-state index is 14.7. The smallest absolute Gasteiger partial charge is 0.288 e. The SMILES string of the molecule is COCCN1CC(C)(c2cc(NC(=O)c3ccc(Br)cn3)ccc2F)N=C(N)C1=O. The minimum atomic E-state index is -1.12. The summed E-state index contributed by atoms with van der Waals surface area (Å²) in [7, 11) is 1.52. The molecule has 1 atom stereocenters. The fraction of sp³-hybridized carbons (Fsp3) is 0.300. The Hall–Kier alpha value is -2.85. The molecule has 0 saturated carbocycles. The molecular formula is C20H21BrFN5O3. The highest BCUT2D eigenvalue weighted by Gasteiger charge is 2.39. The van der Waals surface area contributed by atoms with Gasteiger partial charge in [-0.3, -0.25) is 14.6 Å². The van der Waals surface area contributed by atoms with Crippen molar-refractivity contribution in [3.05, 3.63) is 58.1 Å². The molecule has 3 N–H and O–H groups in total. The lowest BCUT2D eigenvalue weighted by Crippen LogP contribution is -2.53. The quantitative estimate of drug-likeness (QED) is 0.662. The zero-order valence-corrected chi connectivity index (χ0v) is 18.1. The van der Waals surface area contributed by atoms with Crippen LogP contribution in [0.4, 0.5) is 10.1 Å². The van der Waals surface area contributed by atoms with Crippen molar-refractivity contribution in [1.29, 1.82) is 0 Å². The van der Waals surface area contributed by atoms with Gasteiger partial charge in [0.05, 0.1) is 13.2 Å². The number of rotatable bonds is 6. The summed E-state index contributed by atoms with van der Waals surface area (Å²) in [6, 6.07) is 7.45. The number of nitrogens with one attached hydrogen (secondary N) is 1. The van der Waals surface area contributed by atoms with Gasteiger partial charge < -0.3 is 20.7 Å². The van der Waals surface area contributed by atoms with Gasteiger partial charge in [-0.25, -0.2) is 9.37 Å². The molecule has 1 aromatic heterocycles. The molecule has 0 saturated heterocycles. The van der Waals surface area contributed by atoms with Gasteiger partial charge in [0.15, 0.2) is 5.84 Å². The third-order valence-corrected chi connectivity index (χ3v) is 5.17. The van der Waals surface area contributed by atoms with Gasteiger partial charge >= 0.3 is 0 Å². The number of aromatic nitrogens is 1. The number of benzene rings is 1. The van der Waals surface area contributed by atoms with Gasteiger partial charge in [-0.05, 0) is 53.2 Å². The number of pyridine rings is 1. The number of carbonyl (C=O) groups is 2. The van der Waals surface area contributed by atoms with Crippen molar-refractivity contribution in [2.75, 3.05) is 32.1 Å². The van der Waals surface area contributed by atoms with Crippen molar-refractivity contribution in [2.24, 2.45) is 10.7 Å². The van der Waals surface area contributed by atoms with Crippen molar-refractivity contribution < 1.29 is 18.7 Å². The molecule has 1 aromatic carbocycles. The second-order valence-corrected chi connectivity index (χ2v) is 7.92. The number of hydrogen-bond acceptors (Lipinski definition) is 6. The molecule has 0 radical (unpaired) electrons. The van der Waals surface area contributed by atoms with Crippen molar-refractivity contribution in [2.45, 2.75) is 12.5 Å². The average molecular weight is 478 g/mol. The number of methoxy groups -OCH3 is 1. The van der Waals surface area contributed by atoms with Crippen LogP contribution in [-0.4, -0.2) is 54.3 Å². The van der Waals surface area contributed by atoms with Crippen LogP contribution in [0.25, 0.3) is 0 Å². The molecule has 0 spiro atoms. The van der Waals surface area contributed by atoms with E-state index in [-0.39, 0.29) is 23.6 Å². The van der Waals surface area contributed by atoms with E-state index in [4.69, 9.17) is 10.5 Å². The Balaban J connectivity index is 1.89. The summed E-state index contributed by atoms with van der Waals surface area (Å²) in [4.78, 5) is 34.5. The van der Waals surface area contributed by atoms with Crippen LogP contribution in [-0.2, 0) is 15.1 Å². The summed E-state index contributed by atoms with van der Waals surface area (Å²) in [5, 5.41) is 2.70. The van der Waals surface area contributed by atoms with Crippen molar-refractivity contribution >= 4 is 39.3 Å². The second kappa shape index (κ2) is 8.88. The first-order valence-electron chi connectivity index (χ1n) is 9.10. The summed E-state index contributed by atoms with van der Waals surface area (Å²) in [6.07, 6.45) is 1.51. The summed E-state index contributed by atoms with van der Waals surface area (Å²) in [5.74, 6) is -1.58. The van der Waals surface area contributed by atoms with Crippen LogP contribution < -0.4 is 11.1 Å². The third kappa shape index (κ3) is 4.65. The molecule has 0 aliphatic carbocycles. The number of halogens is 2. The van der Waals surface area contributed by atoms with Crippen LogP contribution in [0.1, 0.15) is 23.0 Å². The first kappa shape index (κ1) is 21.8. The lowest BCUT2D eigenvalue weighted by atomic mass is 9.89. The third-order valence-electron chi connectivity index (χ3n) is 4.70. The number of hydrogen-bond donors (Lipinski definition) is 2. The number of nitrogens with zero attached hydrogens (tertiary/aromatic N) is 3. The van der Waals surface area contributed by atoms with Crippen LogP contribution >= 0.6 is 15.9 Å². The second-order valence-electron chi connectivity index (χ2n) is 7.00. The van der Waals surface area contributed by atoms with E-state index in [1.165, 1.54) is 36.4 Å². The van der Waals surface area contributed by atoms with Crippen LogP contribution in [0.3, 0.4) is 0 Å². The minimum absolute atomic E-state index is 0.123. The van der Waals surface area contributed by atoms with E-state index in [2.05, 4.69) is 31.2 Å².